The van der Waals surface area contributed by atoms with Crippen LogP contribution in [0.15, 0.2) is 91.1 Å². The first-order chi connectivity index (χ1) is 14.3. The Labute approximate surface area is 168 Å². The maximum atomic E-state index is 13.8. The second-order valence-electron chi connectivity index (χ2n) is 6.29. The van der Waals surface area contributed by atoms with Crippen molar-refractivity contribution in [2.75, 3.05) is 10.6 Å². The molecule has 0 spiro atoms. The van der Waals surface area contributed by atoms with Gasteiger partial charge in [-0.1, -0.05) is 42.5 Å². The molecular formula is C23H19FN4O. The van der Waals surface area contributed by atoms with Crippen LogP contribution in [0, 0.1) is 5.82 Å². The fraction of sp³-hybridized carbons (Fsp3) is 0.0435. The molecule has 29 heavy (non-hydrogen) atoms. The summed E-state index contributed by atoms with van der Waals surface area (Å²) in [7, 11) is 0. The van der Waals surface area contributed by atoms with Gasteiger partial charge in [0.25, 0.3) is 0 Å². The molecule has 0 saturated heterocycles. The third-order valence-corrected chi connectivity index (χ3v) is 4.15. The summed E-state index contributed by atoms with van der Waals surface area (Å²) >= 11 is 0. The number of ether oxygens (including phenoxy) is 1. The molecule has 2 N–H and O–H groups in total. The van der Waals surface area contributed by atoms with Gasteiger partial charge in [-0.25, -0.2) is 9.37 Å². The lowest BCUT2D eigenvalue weighted by atomic mass is 10.2. The van der Waals surface area contributed by atoms with E-state index in [1.165, 1.54) is 6.07 Å². The number of nitrogens with zero attached hydrogens (tertiary/aromatic N) is 2. The van der Waals surface area contributed by atoms with Crippen LogP contribution in [0.1, 0.15) is 5.56 Å². The van der Waals surface area contributed by atoms with E-state index in [0.717, 1.165) is 17.0 Å². The summed E-state index contributed by atoms with van der Waals surface area (Å²) in [5.74, 6) is 1.33. The van der Waals surface area contributed by atoms with Crippen molar-refractivity contribution < 1.29 is 9.13 Å². The van der Waals surface area contributed by atoms with Crippen LogP contribution in [0.4, 0.5) is 27.5 Å². The van der Waals surface area contributed by atoms with Gasteiger partial charge in [-0.05, 0) is 48.0 Å². The Morgan fingerprint density at radius 2 is 1.55 bits per heavy atom. The molecule has 6 heteroatoms. The number of aromatic nitrogens is 2. The molecule has 5 nitrogen and oxygen atoms in total. The Kier molecular flexibility index (Phi) is 5.62. The number of nitrogens with one attached hydrogen (secondary N) is 2. The fourth-order valence-corrected chi connectivity index (χ4v) is 2.69. The quantitative estimate of drug-likeness (QED) is 0.428. The zero-order valence-corrected chi connectivity index (χ0v) is 15.5. The Balaban J connectivity index is 1.38. The number of anilines is 4. The molecule has 3 aromatic carbocycles. The van der Waals surface area contributed by atoms with Crippen molar-refractivity contribution in [2.24, 2.45) is 0 Å². The van der Waals surface area contributed by atoms with Crippen LogP contribution in [0.2, 0.25) is 0 Å². The van der Waals surface area contributed by atoms with Gasteiger partial charge < -0.3 is 15.4 Å². The zero-order valence-electron chi connectivity index (χ0n) is 15.5. The summed E-state index contributed by atoms with van der Waals surface area (Å²) in [6.07, 6.45) is 1.61. The second-order valence-corrected chi connectivity index (χ2v) is 6.29. The maximum absolute atomic E-state index is 13.8. The highest BCUT2D eigenvalue weighted by atomic mass is 19.1. The van der Waals surface area contributed by atoms with Gasteiger partial charge in [0.15, 0.2) is 0 Å². The average molecular weight is 386 g/mol. The van der Waals surface area contributed by atoms with Crippen molar-refractivity contribution in [3.63, 3.8) is 0 Å². The Hall–Kier alpha value is -3.93. The molecule has 4 aromatic rings. The Morgan fingerprint density at radius 3 is 2.34 bits per heavy atom. The molecule has 0 aliphatic carbocycles. The lowest BCUT2D eigenvalue weighted by Gasteiger charge is -2.10. The molecular weight excluding hydrogens is 367 g/mol. The molecule has 0 bridgehead atoms. The van der Waals surface area contributed by atoms with Crippen LogP contribution in [-0.4, -0.2) is 9.97 Å². The predicted molar refractivity (Wildman–Crippen MR) is 112 cm³/mol. The number of hydrogen-bond donors (Lipinski definition) is 2. The van der Waals surface area contributed by atoms with E-state index >= 15 is 0 Å². The third kappa shape index (κ3) is 5.07. The van der Waals surface area contributed by atoms with Crippen molar-refractivity contribution in [1.82, 2.24) is 9.97 Å². The zero-order chi connectivity index (χ0) is 19.9. The smallest absolute Gasteiger partial charge is 0.229 e. The van der Waals surface area contributed by atoms with E-state index in [-0.39, 0.29) is 5.82 Å². The molecule has 1 aromatic heterocycles. The molecule has 0 saturated carbocycles. The molecule has 0 aliphatic heterocycles. The summed E-state index contributed by atoms with van der Waals surface area (Å²) in [5.41, 5.74) is 2.29. The van der Waals surface area contributed by atoms with E-state index < -0.39 is 0 Å². The molecule has 0 unspecified atom stereocenters. The van der Waals surface area contributed by atoms with Gasteiger partial charge in [-0.2, -0.15) is 4.98 Å². The van der Waals surface area contributed by atoms with Gasteiger partial charge in [0.1, 0.15) is 24.0 Å². The molecule has 0 amide bonds. The van der Waals surface area contributed by atoms with Gasteiger partial charge in [0.2, 0.25) is 5.95 Å². The number of para-hydroxylation sites is 1. The van der Waals surface area contributed by atoms with Crippen LogP contribution < -0.4 is 15.4 Å². The fourth-order valence-electron chi connectivity index (χ4n) is 2.69. The normalized spacial score (nSPS) is 10.4. The number of benzene rings is 3. The number of rotatable bonds is 7. The van der Waals surface area contributed by atoms with Crippen molar-refractivity contribution in [1.29, 1.82) is 0 Å². The monoisotopic (exact) mass is 386 g/mol. The van der Waals surface area contributed by atoms with Crippen molar-refractivity contribution in [2.45, 2.75) is 6.61 Å². The van der Waals surface area contributed by atoms with E-state index in [1.807, 2.05) is 54.6 Å². The lowest BCUT2D eigenvalue weighted by Crippen LogP contribution is -2.01. The Bertz CT molecular complexity index is 1070. The highest BCUT2D eigenvalue weighted by molar-refractivity contribution is 5.60. The maximum Gasteiger partial charge on any atom is 0.229 e. The minimum absolute atomic E-state index is 0.341. The second kappa shape index (κ2) is 8.84. The van der Waals surface area contributed by atoms with Crippen LogP contribution in [0.25, 0.3) is 0 Å². The number of halogens is 1. The van der Waals surface area contributed by atoms with Gasteiger partial charge in [-0.3, -0.25) is 0 Å². The molecule has 144 valence electrons. The molecule has 0 radical (unpaired) electrons. The van der Waals surface area contributed by atoms with E-state index in [0.29, 0.717) is 24.1 Å². The Morgan fingerprint density at radius 1 is 0.793 bits per heavy atom. The van der Waals surface area contributed by atoms with Crippen LogP contribution in [0.5, 0.6) is 5.75 Å². The summed E-state index contributed by atoms with van der Waals surface area (Å²) in [6, 6.07) is 25.7. The third-order valence-electron chi connectivity index (χ3n) is 4.15. The SMILES string of the molecule is Fc1ccccc1Nc1ccnc(Nc2ccc(OCc3ccccc3)cc2)n1. The standard InChI is InChI=1S/C23H19FN4O/c24-20-8-4-5-9-21(20)27-22-14-15-25-23(28-22)26-18-10-12-19(13-11-18)29-16-17-6-2-1-3-7-17/h1-15H,16H2,(H2,25,26,27,28). The van der Waals surface area contributed by atoms with Crippen molar-refractivity contribution in [3.8, 4) is 5.75 Å². The summed E-state index contributed by atoms with van der Waals surface area (Å²) in [4.78, 5) is 8.58. The van der Waals surface area contributed by atoms with Crippen molar-refractivity contribution in [3.05, 3.63) is 103 Å². The molecule has 0 aliphatic rings. The average Bonchev–Trinajstić information content (AvgIpc) is 2.76. The van der Waals surface area contributed by atoms with Crippen LogP contribution in [-0.2, 0) is 6.61 Å². The van der Waals surface area contributed by atoms with E-state index in [9.17, 15) is 4.39 Å². The van der Waals surface area contributed by atoms with Gasteiger partial charge >= 0.3 is 0 Å². The van der Waals surface area contributed by atoms with Crippen LogP contribution in [0.3, 0.4) is 0 Å². The predicted octanol–water partition coefficient (Wildman–Crippen LogP) is 5.68. The van der Waals surface area contributed by atoms with E-state index in [1.54, 1.807) is 30.5 Å². The molecule has 0 atom stereocenters. The van der Waals surface area contributed by atoms with E-state index in [2.05, 4.69) is 20.6 Å². The topological polar surface area (TPSA) is 59.1 Å². The van der Waals surface area contributed by atoms with E-state index in [4.69, 9.17) is 4.74 Å². The van der Waals surface area contributed by atoms with Gasteiger partial charge in [0, 0.05) is 11.9 Å². The molecule has 0 fully saturated rings. The highest BCUT2D eigenvalue weighted by Gasteiger charge is 2.04. The number of hydrogen-bond acceptors (Lipinski definition) is 5. The van der Waals surface area contributed by atoms with Crippen LogP contribution >= 0.6 is 0 Å². The first-order valence-electron chi connectivity index (χ1n) is 9.15. The van der Waals surface area contributed by atoms with Gasteiger partial charge in [0.05, 0.1) is 5.69 Å². The molecule has 4 rings (SSSR count). The first-order valence-corrected chi connectivity index (χ1v) is 9.15. The first kappa shape index (κ1) is 18.4. The lowest BCUT2D eigenvalue weighted by molar-refractivity contribution is 0.306. The minimum atomic E-state index is -0.341. The summed E-state index contributed by atoms with van der Waals surface area (Å²) in [5, 5.41) is 6.09. The largest absolute Gasteiger partial charge is 0.489 e. The highest BCUT2D eigenvalue weighted by Crippen LogP contribution is 2.21. The summed E-state index contributed by atoms with van der Waals surface area (Å²) in [6.45, 7) is 0.514. The van der Waals surface area contributed by atoms with Crippen molar-refractivity contribution >= 4 is 23.1 Å². The minimum Gasteiger partial charge on any atom is -0.489 e. The molecule has 1 heterocycles. The summed E-state index contributed by atoms with van der Waals surface area (Å²) < 4.78 is 19.6. The van der Waals surface area contributed by atoms with Gasteiger partial charge in [-0.15, -0.1) is 0 Å².